The molecule has 0 unspecified atom stereocenters. The van der Waals surface area contributed by atoms with E-state index in [1.807, 2.05) is 72.8 Å². The smallest absolute Gasteiger partial charge is 0.275 e. The molecule has 2 N–H and O–H groups in total. The number of hydrogen-bond acceptors (Lipinski definition) is 4. The van der Waals surface area contributed by atoms with Gasteiger partial charge in [-0.25, -0.2) is 5.43 Å². The van der Waals surface area contributed by atoms with Crippen molar-refractivity contribution in [1.29, 1.82) is 0 Å². The van der Waals surface area contributed by atoms with E-state index >= 15 is 0 Å². The average Bonchev–Trinajstić information content (AvgIpc) is 2.79. The van der Waals surface area contributed by atoms with Crippen molar-refractivity contribution < 1.29 is 14.6 Å². The van der Waals surface area contributed by atoms with Gasteiger partial charge >= 0.3 is 0 Å². The lowest BCUT2D eigenvalue weighted by atomic mass is 10.1. The summed E-state index contributed by atoms with van der Waals surface area (Å²) >= 11 is 5.91. The van der Waals surface area contributed by atoms with Crippen molar-refractivity contribution in [3.63, 3.8) is 0 Å². The van der Waals surface area contributed by atoms with Crippen LogP contribution in [-0.4, -0.2) is 17.2 Å². The third kappa shape index (κ3) is 5.02. The van der Waals surface area contributed by atoms with E-state index in [1.165, 1.54) is 6.21 Å². The number of nitrogens with zero attached hydrogens (tertiary/aromatic N) is 1. The molecule has 0 aliphatic rings. The van der Waals surface area contributed by atoms with Crippen molar-refractivity contribution in [2.75, 3.05) is 0 Å². The number of amides is 1. The van der Waals surface area contributed by atoms with Gasteiger partial charge in [0.15, 0.2) is 0 Å². The van der Waals surface area contributed by atoms with E-state index in [4.69, 9.17) is 16.3 Å². The zero-order valence-corrected chi connectivity index (χ0v) is 17.2. The molecule has 0 atom stereocenters. The monoisotopic (exact) mass is 430 g/mol. The number of hydrazone groups is 1. The molecule has 5 nitrogen and oxygen atoms in total. The van der Waals surface area contributed by atoms with Crippen LogP contribution in [0.5, 0.6) is 11.5 Å². The van der Waals surface area contributed by atoms with Crippen LogP contribution in [0.1, 0.15) is 21.5 Å². The van der Waals surface area contributed by atoms with Gasteiger partial charge in [-0.2, -0.15) is 5.10 Å². The van der Waals surface area contributed by atoms with Gasteiger partial charge in [0.1, 0.15) is 18.1 Å². The lowest BCUT2D eigenvalue weighted by Gasteiger charge is -2.09. The molecule has 6 heteroatoms. The number of phenolic OH excluding ortho intramolecular Hbond substituents is 1. The largest absolute Gasteiger partial charge is 0.507 e. The second kappa shape index (κ2) is 9.32. The van der Waals surface area contributed by atoms with Crippen LogP contribution in [0.3, 0.4) is 0 Å². The Morgan fingerprint density at radius 3 is 2.42 bits per heavy atom. The van der Waals surface area contributed by atoms with Crippen molar-refractivity contribution in [2.24, 2.45) is 5.10 Å². The van der Waals surface area contributed by atoms with E-state index < -0.39 is 5.91 Å². The van der Waals surface area contributed by atoms with Crippen molar-refractivity contribution in [3.8, 4) is 11.5 Å². The Kier molecular flexibility index (Phi) is 6.15. The number of aromatic hydroxyl groups is 1. The van der Waals surface area contributed by atoms with E-state index in [0.717, 1.165) is 16.3 Å². The Bertz CT molecular complexity index is 1250. The summed E-state index contributed by atoms with van der Waals surface area (Å²) in [4.78, 5) is 12.5. The molecule has 0 heterocycles. The van der Waals surface area contributed by atoms with Gasteiger partial charge in [0.25, 0.3) is 5.91 Å². The summed E-state index contributed by atoms with van der Waals surface area (Å²) in [6.07, 6.45) is 1.51. The van der Waals surface area contributed by atoms with Crippen LogP contribution in [-0.2, 0) is 6.61 Å². The van der Waals surface area contributed by atoms with Gasteiger partial charge in [-0.3, -0.25) is 4.79 Å². The predicted octanol–water partition coefficient (Wildman–Crippen LogP) is 5.54. The number of ether oxygens (including phenoxy) is 1. The van der Waals surface area contributed by atoms with Crippen molar-refractivity contribution in [1.82, 2.24) is 5.43 Å². The molecule has 0 bridgehead atoms. The normalized spacial score (nSPS) is 11.0. The number of benzene rings is 4. The van der Waals surface area contributed by atoms with Gasteiger partial charge in [-0.05, 0) is 52.7 Å². The van der Waals surface area contributed by atoms with Crippen molar-refractivity contribution in [2.45, 2.75) is 6.61 Å². The first-order valence-corrected chi connectivity index (χ1v) is 9.99. The molecule has 0 saturated heterocycles. The summed E-state index contributed by atoms with van der Waals surface area (Å²) in [7, 11) is 0. The summed E-state index contributed by atoms with van der Waals surface area (Å²) in [5.41, 5.74) is 4.31. The Morgan fingerprint density at radius 1 is 0.968 bits per heavy atom. The number of carbonyl (C=O) groups excluding carboxylic acids is 1. The van der Waals surface area contributed by atoms with E-state index in [1.54, 1.807) is 12.1 Å². The van der Waals surface area contributed by atoms with Gasteiger partial charge in [0, 0.05) is 10.6 Å². The lowest BCUT2D eigenvalue weighted by molar-refractivity contribution is 0.0952. The number of para-hydroxylation sites is 1. The number of hydrogen-bond donors (Lipinski definition) is 2. The second-order valence-corrected chi connectivity index (χ2v) is 7.31. The Balaban J connectivity index is 1.45. The Morgan fingerprint density at radius 2 is 1.65 bits per heavy atom. The van der Waals surface area contributed by atoms with E-state index in [0.29, 0.717) is 22.9 Å². The van der Waals surface area contributed by atoms with E-state index in [-0.39, 0.29) is 11.3 Å². The highest BCUT2D eigenvalue weighted by Crippen LogP contribution is 2.25. The first-order chi connectivity index (χ1) is 15.1. The minimum atomic E-state index is -0.501. The Hall–Kier alpha value is -3.83. The summed E-state index contributed by atoms with van der Waals surface area (Å²) in [6, 6.07) is 25.5. The molecular formula is C25H19ClN2O3. The minimum Gasteiger partial charge on any atom is -0.507 e. The van der Waals surface area contributed by atoms with Crippen LogP contribution < -0.4 is 10.2 Å². The molecule has 0 aromatic heterocycles. The second-order valence-electron chi connectivity index (χ2n) is 6.87. The zero-order chi connectivity index (χ0) is 21.6. The molecular weight excluding hydrogens is 412 g/mol. The molecule has 0 saturated carbocycles. The highest BCUT2D eigenvalue weighted by Gasteiger charge is 2.12. The molecule has 0 aliphatic heterocycles. The zero-order valence-electron chi connectivity index (χ0n) is 16.5. The van der Waals surface area contributed by atoms with E-state index in [9.17, 15) is 9.90 Å². The van der Waals surface area contributed by atoms with Crippen LogP contribution in [0.2, 0.25) is 5.02 Å². The first kappa shape index (κ1) is 20.4. The summed E-state index contributed by atoms with van der Waals surface area (Å²) < 4.78 is 5.89. The van der Waals surface area contributed by atoms with Gasteiger partial charge in [-0.15, -0.1) is 0 Å². The maximum atomic E-state index is 12.5. The molecule has 154 valence electrons. The third-order valence-electron chi connectivity index (χ3n) is 4.70. The molecule has 0 fully saturated rings. The highest BCUT2D eigenvalue weighted by molar-refractivity contribution is 6.30. The topological polar surface area (TPSA) is 70.9 Å². The van der Waals surface area contributed by atoms with Crippen LogP contribution in [0.4, 0.5) is 0 Å². The number of carbonyl (C=O) groups is 1. The number of nitrogens with one attached hydrogen (secondary N) is 1. The lowest BCUT2D eigenvalue weighted by Crippen LogP contribution is -2.17. The molecule has 0 aliphatic carbocycles. The van der Waals surface area contributed by atoms with Crippen LogP contribution in [0.15, 0.2) is 90.0 Å². The number of rotatable bonds is 6. The summed E-state index contributed by atoms with van der Waals surface area (Å²) in [5, 5.41) is 16.6. The quantitative estimate of drug-likeness (QED) is 0.311. The fourth-order valence-electron chi connectivity index (χ4n) is 3.09. The number of phenols is 1. The maximum absolute atomic E-state index is 12.5. The average molecular weight is 431 g/mol. The molecule has 4 aromatic rings. The van der Waals surface area contributed by atoms with Crippen molar-refractivity contribution >= 4 is 34.5 Å². The maximum Gasteiger partial charge on any atom is 0.275 e. The Labute approximate surface area is 184 Å². The van der Waals surface area contributed by atoms with Gasteiger partial charge in [0.2, 0.25) is 0 Å². The third-order valence-corrected chi connectivity index (χ3v) is 4.96. The summed E-state index contributed by atoms with van der Waals surface area (Å²) in [5.74, 6) is 0.0289. The molecule has 0 radical (unpaired) electrons. The number of fused-ring (bicyclic) bond motifs is 1. The fraction of sp³-hybridized carbons (Fsp3) is 0.0400. The minimum absolute atomic E-state index is 0.0990. The first-order valence-electron chi connectivity index (χ1n) is 9.61. The van der Waals surface area contributed by atoms with E-state index in [2.05, 4.69) is 10.5 Å². The molecule has 0 spiro atoms. The predicted molar refractivity (Wildman–Crippen MR) is 123 cm³/mol. The van der Waals surface area contributed by atoms with Gasteiger partial charge in [-0.1, -0.05) is 60.1 Å². The molecule has 31 heavy (non-hydrogen) atoms. The SMILES string of the molecule is O=C(N/N=C/c1ccccc1OCc1ccc(Cl)cc1)c1cc2ccccc2cc1O. The highest BCUT2D eigenvalue weighted by atomic mass is 35.5. The van der Waals surface area contributed by atoms with Gasteiger partial charge < -0.3 is 9.84 Å². The fourth-order valence-corrected chi connectivity index (χ4v) is 3.22. The molecule has 4 aromatic carbocycles. The molecule has 1 amide bonds. The van der Waals surface area contributed by atoms with Crippen LogP contribution >= 0.6 is 11.6 Å². The summed E-state index contributed by atoms with van der Waals surface area (Å²) in [6.45, 7) is 0.374. The van der Waals surface area contributed by atoms with Gasteiger partial charge in [0.05, 0.1) is 11.8 Å². The standard InChI is InChI=1S/C25H19ClN2O3/c26-21-11-9-17(10-12-21)16-31-24-8-4-3-7-20(24)15-27-28-25(30)22-13-18-5-1-2-6-19(18)14-23(22)29/h1-15,29H,16H2,(H,28,30)/b27-15+. The number of halogens is 1. The van der Waals surface area contributed by atoms with Crippen LogP contribution in [0, 0.1) is 0 Å². The van der Waals surface area contributed by atoms with Crippen LogP contribution in [0.25, 0.3) is 10.8 Å². The molecule has 4 rings (SSSR count). The van der Waals surface area contributed by atoms with Crippen molar-refractivity contribution in [3.05, 3.63) is 107 Å².